The third-order valence-electron chi connectivity index (χ3n) is 2.16. The molecule has 2 aromatic rings. The SMILES string of the molecule is O=[N+]([O-])c1ccc(CNCc2ccccn2)s1. The van der Waals surface area contributed by atoms with Crippen molar-refractivity contribution in [3.63, 3.8) is 0 Å². The summed E-state index contributed by atoms with van der Waals surface area (Å²) in [5.74, 6) is 0. The van der Waals surface area contributed by atoms with Crippen molar-refractivity contribution in [2.24, 2.45) is 0 Å². The summed E-state index contributed by atoms with van der Waals surface area (Å²) in [4.78, 5) is 15.3. The highest BCUT2D eigenvalue weighted by molar-refractivity contribution is 7.15. The second-order valence-electron chi connectivity index (χ2n) is 3.42. The molecule has 2 rings (SSSR count). The highest BCUT2D eigenvalue weighted by Crippen LogP contribution is 2.23. The Morgan fingerprint density at radius 3 is 2.82 bits per heavy atom. The van der Waals surface area contributed by atoms with E-state index in [2.05, 4.69) is 10.3 Å². The Hall–Kier alpha value is -1.79. The van der Waals surface area contributed by atoms with Gasteiger partial charge in [0.25, 0.3) is 0 Å². The molecule has 17 heavy (non-hydrogen) atoms. The van der Waals surface area contributed by atoms with Gasteiger partial charge in [0.05, 0.1) is 10.6 Å². The van der Waals surface area contributed by atoms with E-state index in [1.165, 1.54) is 17.4 Å². The number of pyridine rings is 1. The van der Waals surface area contributed by atoms with Gasteiger partial charge in [-0.3, -0.25) is 15.1 Å². The standard InChI is InChI=1S/C11H11N3O2S/c15-14(16)11-5-4-10(17-11)8-12-7-9-3-1-2-6-13-9/h1-6,12H,7-8H2. The molecule has 2 aromatic heterocycles. The van der Waals surface area contributed by atoms with Gasteiger partial charge in [-0.05, 0) is 18.2 Å². The molecule has 0 bridgehead atoms. The van der Waals surface area contributed by atoms with Crippen molar-refractivity contribution < 1.29 is 4.92 Å². The molecular weight excluding hydrogens is 238 g/mol. The zero-order valence-electron chi connectivity index (χ0n) is 9.00. The lowest BCUT2D eigenvalue weighted by Crippen LogP contribution is -2.12. The maximum atomic E-state index is 10.5. The van der Waals surface area contributed by atoms with E-state index in [9.17, 15) is 10.1 Å². The predicted octanol–water partition coefficient (Wildman–Crippen LogP) is 2.34. The maximum absolute atomic E-state index is 10.5. The lowest BCUT2D eigenvalue weighted by molar-refractivity contribution is -0.380. The molecule has 0 atom stereocenters. The molecule has 0 fully saturated rings. The second kappa shape index (κ2) is 5.51. The van der Waals surface area contributed by atoms with Crippen LogP contribution in [0.3, 0.4) is 0 Å². The van der Waals surface area contributed by atoms with Crippen molar-refractivity contribution in [2.75, 3.05) is 0 Å². The first-order chi connectivity index (χ1) is 8.25. The van der Waals surface area contributed by atoms with Gasteiger partial charge in [-0.2, -0.15) is 0 Å². The summed E-state index contributed by atoms with van der Waals surface area (Å²) >= 11 is 1.19. The van der Waals surface area contributed by atoms with Crippen LogP contribution in [0.25, 0.3) is 0 Å². The number of hydrogen-bond donors (Lipinski definition) is 1. The van der Waals surface area contributed by atoms with E-state index in [1.807, 2.05) is 18.2 Å². The first-order valence-corrected chi connectivity index (χ1v) is 5.91. The summed E-state index contributed by atoms with van der Waals surface area (Å²) < 4.78 is 0. The smallest absolute Gasteiger partial charge is 0.306 e. The molecule has 0 saturated heterocycles. The third-order valence-corrected chi connectivity index (χ3v) is 3.20. The van der Waals surface area contributed by atoms with Gasteiger partial charge in [0.15, 0.2) is 0 Å². The largest absolute Gasteiger partial charge is 0.324 e. The molecular formula is C11H11N3O2S. The normalized spacial score (nSPS) is 10.4. The number of nitro groups is 1. The van der Waals surface area contributed by atoms with Gasteiger partial charge in [0.1, 0.15) is 0 Å². The molecule has 0 unspecified atom stereocenters. The molecule has 5 nitrogen and oxygen atoms in total. The molecule has 88 valence electrons. The van der Waals surface area contributed by atoms with Gasteiger partial charge in [-0.25, -0.2) is 0 Å². The summed E-state index contributed by atoms with van der Waals surface area (Å²) in [5, 5.41) is 13.9. The quantitative estimate of drug-likeness (QED) is 0.652. The molecule has 0 aliphatic heterocycles. The van der Waals surface area contributed by atoms with Crippen LogP contribution in [0.2, 0.25) is 0 Å². The number of hydrogen-bond acceptors (Lipinski definition) is 5. The molecule has 0 aliphatic carbocycles. The second-order valence-corrected chi connectivity index (χ2v) is 4.57. The van der Waals surface area contributed by atoms with E-state index in [4.69, 9.17) is 0 Å². The highest BCUT2D eigenvalue weighted by atomic mass is 32.1. The van der Waals surface area contributed by atoms with E-state index in [-0.39, 0.29) is 9.92 Å². The molecule has 0 radical (unpaired) electrons. The lowest BCUT2D eigenvalue weighted by atomic mass is 10.3. The highest BCUT2D eigenvalue weighted by Gasteiger charge is 2.08. The number of thiophene rings is 1. The fourth-order valence-corrected chi connectivity index (χ4v) is 2.17. The first kappa shape index (κ1) is 11.7. The third kappa shape index (κ3) is 3.33. The Morgan fingerprint density at radius 1 is 1.29 bits per heavy atom. The van der Waals surface area contributed by atoms with Gasteiger partial charge >= 0.3 is 5.00 Å². The molecule has 0 saturated carbocycles. The van der Waals surface area contributed by atoms with Gasteiger partial charge in [0.2, 0.25) is 0 Å². The molecule has 0 spiro atoms. The van der Waals surface area contributed by atoms with Gasteiger partial charge in [0, 0.05) is 30.2 Å². The van der Waals surface area contributed by atoms with Crippen LogP contribution in [0.15, 0.2) is 36.5 Å². The average Bonchev–Trinajstić information content (AvgIpc) is 2.79. The molecule has 2 heterocycles. The monoisotopic (exact) mass is 249 g/mol. The minimum atomic E-state index is -0.368. The number of nitrogens with one attached hydrogen (secondary N) is 1. The Bertz CT molecular complexity index is 498. The van der Waals surface area contributed by atoms with E-state index in [1.54, 1.807) is 12.3 Å². The van der Waals surface area contributed by atoms with Crippen LogP contribution >= 0.6 is 11.3 Å². The summed E-state index contributed by atoms with van der Waals surface area (Å²) in [6, 6.07) is 9.03. The topological polar surface area (TPSA) is 68.1 Å². The van der Waals surface area contributed by atoms with Crippen LogP contribution in [0.5, 0.6) is 0 Å². The summed E-state index contributed by atoms with van der Waals surface area (Å²) in [5.41, 5.74) is 0.957. The van der Waals surface area contributed by atoms with Gasteiger partial charge < -0.3 is 5.32 Å². The van der Waals surface area contributed by atoms with Crippen LogP contribution in [0.1, 0.15) is 10.6 Å². The van der Waals surface area contributed by atoms with Crippen LogP contribution in [-0.2, 0) is 13.1 Å². The van der Waals surface area contributed by atoms with Crippen molar-refractivity contribution in [3.8, 4) is 0 Å². The summed E-state index contributed by atoms with van der Waals surface area (Å²) in [6.07, 6.45) is 1.74. The van der Waals surface area contributed by atoms with Gasteiger partial charge in [-0.15, -0.1) is 0 Å². The van der Waals surface area contributed by atoms with Crippen molar-refractivity contribution in [1.82, 2.24) is 10.3 Å². The average molecular weight is 249 g/mol. The van der Waals surface area contributed by atoms with E-state index >= 15 is 0 Å². The first-order valence-electron chi connectivity index (χ1n) is 5.09. The van der Waals surface area contributed by atoms with Crippen molar-refractivity contribution in [3.05, 3.63) is 57.2 Å². The summed E-state index contributed by atoms with van der Waals surface area (Å²) in [6.45, 7) is 1.28. The number of aromatic nitrogens is 1. The number of rotatable bonds is 5. The van der Waals surface area contributed by atoms with Crippen LogP contribution in [0.4, 0.5) is 5.00 Å². The van der Waals surface area contributed by atoms with Crippen molar-refractivity contribution in [2.45, 2.75) is 13.1 Å². The van der Waals surface area contributed by atoms with E-state index in [0.717, 1.165) is 10.6 Å². The van der Waals surface area contributed by atoms with Crippen molar-refractivity contribution >= 4 is 16.3 Å². The van der Waals surface area contributed by atoms with Crippen LogP contribution in [-0.4, -0.2) is 9.91 Å². The van der Waals surface area contributed by atoms with E-state index < -0.39 is 0 Å². The Morgan fingerprint density at radius 2 is 2.18 bits per heavy atom. The lowest BCUT2D eigenvalue weighted by Gasteiger charge is -2.01. The summed E-state index contributed by atoms with van der Waals surface area (Å²) in [7, 11) is 0. The molecule has 0 aliphatic rings. The van der Waals surface area contributed by atoms with Crippen molar-refractivity contribution in [1.29, 1.82) is 0 Å². The Balaban J connectivity index is 1.84. The minimum absolute atomic E-state index is 0.180. The zero-order chi connectivity index (χ0) is 12.1. The fraction of sp³-hybridized carbons (Fsp3) is 0.182. The van der Waals surface area contributed by atoms with Crippen LogP contribution < -0.4 is 5.32 Å². The fourth-order valence-electron chi connectivity index (χ4n) is 1.38. The molecule has 6 heteroatoms. The number of nitrogens with zero attached hydrogens (tertiary/aromatic N) is 2. The zero-order valence-corrected chi connectivity index (χ0v) is 9.81. The molecule has 1 N–H and O–H groups in total. The maximum Gasteiger partial charge on any atom is 0.324 e. The minimum Gasteiger partial charge on any atom is -0.306 e. The van der Waals surface area contributed by atoms with Gasteiger partial charge in [-0.1, -0.05) is 17.4 Å². The predicted molar refractivity (Wildman–Crippen MR) is 65.8 cm³/mol. The molecule has 0 amide bonds. The van der Waals surface area contributed by atoms with E-state index in [0.29, 0.717) is 13.1 Å². The Kier molecular flexibility index (Phi) is 3.79. The molecule has 0 aromatic carbocycles. The Labute approximate surface area is 102 Å². The van der Waals surface area contributed by atoms with Crippen LogP contribution in [0, 0.1) is 10.1 Å².